The van der Waals surface area contributed by atoms with Crippen molar-refractivity contribution in [1.29, 1.82) is 0 Å². The number of primary amides is 1. The summed E-state index contributed by atoms with van der Waals surface area (Å²) in [5, 5.41) is 0. The highest BCUT2D eigenvalue weighted by Crippen LogP contribution is 2.29. The number of rotatable bonds is 4. The maximum Gasteiger partial charge on any atom is 0.416 e. The van der Waals surface area contributed by atoms with Crippen molar-refractivity contribution in [1.82, 2.24) is 0 Å². The van der Waals surface area contributed by atoms with E-state index in [4.69, 9.17) is 5.73 Å². The molecular formula is C13H12F3NO3. The average Bonchev–Trinajstić information content (AvgIpc) is 2.35. The Balaban J connectivity index is 2.76. The van der Waals surface area contributed by atoms with Gasteiger partial charge in [0.25, 0.3) is 5.91 Å². The molecule has 1 rings (SSSR count). The molecule has 2 N–H and O–H groups in total. The normalized spacial score (nSPS) is 13.2. The summed E-state index contributed by atoms with van der Waals surface area (Å²) in [7, 11) is 0. The zero-order chi connectivity index (χ0) is 15.3. The number of ether oxygens (including phenoxy) is 1. The number of carbonyl (C=O) groups is 2. The van der Waals surface area contributed by atoms with E-state index in [9.17, 15) is 22.8 Å². The number of hydrogen-bond donors (Lipinski definition) is 1. The van der Waals surface area contributed by atoms with E-state index in [0.717, 1.165) is 24.3 Å². The van der Waals surface area contributed by atoms with Gasteiger partial charge in [0.1, 0.15) is 0 Å². The molecule has 4 nitrogen and oxygen atoms in total. The molecule has 0 spiro atoms. The van der Waals surface area contributed by atoms with Crippen molar-refractivity contribution in [2.75, 3.05) is 0 Å². The van der Waals surface area contributed by atoms with Crippen LogP contribution in [0.25, 0.3) is 6.08 Å². The van der Waals surface area contributed by atoms with Gasteiger partial charge in [-0.3, -0.25) is 4.79 Å². The minimum atomic E-state index is -4.45. The standard InChI is InChI=1S/C13H12F3NO3/c1-8(12(17)19)20-11(18)6-5-9-3-2-4-10(7-9)13(14,15)16/h2-8H,1H3,(H2,17,19)/b6-5+/t8-/m1/s1. The maximum absolute atomic E-state index is 12.5. The summed E-state index contributed by atoms with van der Waals surface area (Å²) in [5.74, 6) is -1.68. The number of carbonyl (C=O) groups excluding carboxylic acids is 2. The Morgan fingerprint density at radius 3 is 2.55 bits per heavy atom. The highest BCUT2D eigenvalue weighted by Gasteiger charge is 2.30. The average molecular weight is 287 g/mol. The van der Waals surface area contributed by atoms with Gasteiger partial charge in [-0.25, -0.2) is 4.79 Å². The fraction of sp³-hybridized carbons (Fsp3) is 0.231. The molecule has 0 saturated carbocycles. The number of amides is 1. The van der Waals surface area contributed by atoms with Crippen molar-refractivity contribution >= 4 is 18.0 Å². The first-order valence-electron chi connectivity index (χ1n) is 5.55. The van der Waals surface area contributed by atoms with E-state index >= 15 is 0 Å². The van der Waals surface area contributed by atoms with E-state index in [1.165, 1.54) is 19.1 Å². The number of esters is 1. The monoisotopic (exact) mass is 287 g/mol. The molecule has 0 unspecified atom stereocenters. The summed E-state index contributed by atoms with van der Waals surface area (Å²) < 4.78 is 42.0. The van der Waals surface area contributed by atoms with Crippen molar-refractivity contribution in [3.63, 3.8) is 0 Å². The Bertz CT molecular complexity index is 538. The minimum Gasteiger partial charge on any atom is -0.449 e. The van der Waals surface area contributed by atoms with Crippen molar-refractivity contribution < 1.29 is 27.5 Å². The van der Waals surface area contributed by atoms with Gasteiger partial charge in [0.15, 0.2) is 6.10 Å². The third-order valence-corrected chi connectivity index (χ3v) is 2.32. The quantitative estimate of drug-likeness (QED) is 0.681. The predicted octanol–water partition coefficient (Wildman–Crippen LogP) is 2.14. The lowest BCUT2D eigenvalue weighted by Crippen LogP contribution is -2.29. The van der Waals surface area contributed by atoms with Crippen LogP contribution in [0, 0.1) is 0 Å². The molecular weight excluding hydrogens is 275 g/mol. The van der Waals surface area contributed by atoms with Gasteiger partial charge < -0.3 is 10.5 Å². The molecule has 0 bridgehead atoms. The maximum atomic E-state index is 12.5. The molecule has 0 aromatic heterocycles. The summed E-state index contributed by atoms with van der Waals surface area (Å²) in [4.78, 5) is 21.9. The second-order valence-corrected chi connectivity index (χ2v) is 3.94. The Kier molecular flexibility index (Phi) is 4.90. The molecule has 1 aromatic rings. The van der Waals surface area contributed by atoms with Crippen molar-refractivity contribution in [3.8, 4) is 0 Å². The van der Waals surface area contributed by atoms with Gasteiger partial charge >= 0.3 is 12.1 Å². The van der Waals surface area contributed by atoms with Crippen LogP contribution in [0.15, 0.2) is 30.3 Å². The van der Waals surface area contributed by atoms with Gasteiger partial charge in [-0.1, -0.05) is 12.1 Å². The van der Waals surface area contributed by atoms with Gasteiger partial charge in [0, 0.05) is 6.08 Å². The van der Waals surface area contributed by atoms with Crippen LogP contribution in [0.1, 0.15) is 18.1 Å². The van der Waals surface area contributed by atoms with E-state index in [1.54, 1.807) is 0 Å². The van der Waals surface area contributed by atoms with Crippen molar-refractivity contribution in [2.45, 2.75) is 19.2 Å². The Morgan fingerprint density at radius 2 is 2.00 bits per heavy atom. The van der Waals surface area contributed by atoms with Crippen LogP contribution in [0.2, 0.25) is 0 Å². The Morgan fingerprint density at radius 1 is 1.35 bits per heavy atom. The van der Waals surface area contributed by atoms with E-state index < -0.39 is 29.7 Å². The molecule has 1 atom stereocenters. The largest absolute Gasteiger partial charge is 0.449 e. The molecule has 0 aliphatic carbocycles. The summed E-state index contributed by atoms with van der Waals surface area (Å²) in [6.07, 6.45) is -3.47. The van der Waals surface area contributed by atoms with Gasteiger partial charge in [0.2, 0.25) is 0 Å². The first-order valence-corrected chi connectivity index (χ1v) is 5.55. The molecule has 0 saturated heterocycles. The van der Waals surface area contributed by atoms with E-state index in [1.807, 2.05) is 0 Å². The SMILES string of the molecule is C[C@@H](OC(=O)/C=C/c1cccc(C(F)(F)F)c1)C(N)=O. The first kappa shape index (κ1) is 15.7. The molecule has 20 heavy (non-hydrogen) atoms. The molecule has 108 valence electrons. The van der Waals surface area contributed by atoms with Gasteiger partial charge in [-0.2, -0.15) is 13.2 Å². The number of nitrogens with two attached hydrogens (primary N) is 1. The van der Waals surface area contributed by atoms with E-state index in [-0.39, 0.29) is 5.56 Å². The number of alkyl halides is 3. The Labute approximate surface area is 113 Å². The van der Waals surface area contributed by atoms with Crippen LogP contribution >= 0.6 is 0 Å². The second kappa shape index (κ2) is 6.23. The van der Waals surface area contributed by atoms with Crippen LogP contribution in [-0.2, 0) is 20.5 Å². The van der Waals surface area contributed by atoms with Crippen molar-refractivity contribution in [2.24, 2.45) is 5.73 Å². The van der Waals surface area contributed by atoms with Crippen LogP contribution in [0.5, 0.6) is 0 Å². The molecule has 7 heteroatoms. The zero-order valence-electron chi connectivity index (χ0n) is 10.5. The highest BCUT2D eigenvalue weighted by molar-refractivity contribution is 5.89. The van der Waals surface area contributed by atoms with Gasteiger partial charge in [-0.15, -0.1) is 0 Å². The predicted molar refractivity (Wildman–Crippen MR) is 65.2 cm³/mol. The Hall–Kier alpha value is -2.31. The molecule has 0 aliphatic heterocycles. The van der Waals surface area contributed by atoms with Crippen LogP contribution in [-0.4, -0.2) is 18.0 Å². The lowest BCUT2D eigenvalue weighted by atomic mass is 10.1. The zero-order valence-corrected chi connectivity index (χ0v) is 10.5. The molecule has 0 fully saturated rings. The summed E-state index contributed by atoms with van der Waals surface area (Å²) in [5.41, 5.74) is 4.26. The van der Waals surface area contributed by atoms with Crippen LogP contribution in [0.4, 0.5) is 13.2 Å². The summed E-state index contributed by atoms with van der Waals surface area (Å²) in [6.45, 7) is 1.29. The van der Waals surface area contributed by atoms with Gasteiger partial charge in [-0.05, 0) is 30.7 Å². The molecule has 0 radical (unpaired) electrons. The fourth-order valence-corrected chi connectivity index (χ4v) is 1.25. The third kappa shape index (κ3) is 4.75. The summed E-state index contributed by atoms with van der Waals surface area (Å²) >= 11 is 0. The van der Waals surface area contributed by atoms with Crippen molar-refractivity contribution in [3.05, 3.63) is 41.5 Å². The van der Waals surface area contributed by atoms with E-state index in [0.29, 0.717) is 0 Å². The van der Waals surface area contributed by atoms with Gasteiger partial charge in [0.05, 0.1) is 5.56 Å². The number of hydrogen-bond acceptors (Lipinski definition) is 3. The number of benzene rings is 1. The molecule has 1 amide bonds. The smallest absolute Gasteiger partial charge is 0.416 e. The topological polar surface area (TPSA) is 69.4 Å². The highest BCUT2D eigenvalue weighted by atomic mass is 19.4. The molecule has 0 heterocycles. The lowest BCUT2D eigenvalue weighted by Gasteiger charge is -2.07. The molecule has 1 aromatic carbocycles. The van der Waals surface area contributed by atoms with Crippen LogP contribution < -0.4 is 5.73 Å². The number of halogens is 3. The third-order valence-electron chi connectivity index (χ3n) is 2.32. The first-order chi connectivity index (χ1) is 9.20. The molecule has 0 aliphatic rings. The summed E-state index contributed by atoms with van der Waals surface area (Å²) in [6, 6.07) is 4.43. The van der Waals surface area contributed by atoms with Crippen LogP contribution in [0.3, 0.4) is 0 Å². The van der Waals surface area contributed by atoms with E-state index in [2.05, 4.69) is 4.74 Å². The lowest BCUT2D eigenvalue weighted by molar-refractivity contribution is -0.148. The minimum absolute atomic E-state index is 0.184. The second-order valence-electron chi connectivity index (χ2n) is 3.94. The fourth-order valence-electron chi connectivity index (χ4n) is 1.25.